The fourth-order valence-electron chi connectivity index (χ4n) is 1.51. The van der Waals surface area contributed by atoms with Crippen LogP contribution in [0, 0.1) is 0 Å². The molecule has 0 fully saturated rings. The van der Waals surface area contributed by atoms with Crippen LogP contribution in [0.4, 0.5) is 5.69 Å². The minimum atomic E-state index is -3.73. The van der Waals surface area contributed by atoms with E-state index >= 15 is 0 Å². The van der Waals surface area contributed by atoms with Gasteiger partial charge in [-0.15, -0.1) is 0 Å². The number of hydrogen-bond acceptors (Lipinski definition) is 4. The molecule has 106 valence electrons. The Bertz CT molecular complexity index is 737. The molecule has 0 atom stereocenters. The Morgan fingerprint density at radius 3 is 2.70 bits per heavy atom. The SMILES string of the molecule is COc1cc(Br)cc(NS(=O)(=O)c2ccnc(Cl)c2)c1. The minimum absolute atomic E-state index is 0.0384. The summed E-state index contributed by atoms with van der Waals surface area (Å²) in [5.41, 5.74) is 0.379. The van der Waals surface area contributed by atoms with Gasteiger partial charge in [0.15, 0.2) is 0 Å². The molecule has 0 bridgehead atoms. The molecule has 2 rings (SSSR count). The van der Waals surface area contributed by atoms with Gasteiger partial charge in [-0.3, -0.25) is 4.72 Å². The summed E-state index contributed by atoms with van der Waals surface area (Å²) in [4.78, 5) is 3.79. The van der Waals surface area contributed by atoms with Crippen LogP contribution >= 0.6 is 27.5 Å². The van der Waals surface area contributed by atoms with Crippen LogP contribution in [-0.2, 0) is 10.0 Å². The normalized spacial score (nSPS) is 11.2. The molecule has 8 heteroatoms. The first-order valence-corrected chi connectivity index (χ1v) is 8.05. The second-order valence-corrected chi connectivity index (χ2v) is 6.78. The highest BCUT2D eigenvalue weighted by Crippen LogP contribution is 2.26. The summed E-state index contributed by atoms with van der Waals surface area (Å²) in [5, 5.41) is 0.111. The van der Waals surface area contributed by atoms with E-state index in [1.165, 1.54) is 25.4 Å². The minimum Gasteiger partial charge on any atom is -0.497 e. The highest BCUT2D eigenvalue weighted by molar-refractivity contribution is 9.10. The Morgan fingerprint density at radius 2 is 2.05 bits per heavy atom. The Hall–Kier alpha value is -1.31. The number of anilines is 1. The average molecular weight is 378 g/mol. The predicted octanol–water partition coefficient (Wildman–Crippen LogP) is 3.31. The molecule has 2 aromatic rings. The lowest BCUT2D eigenvalue weighted by molar-refractivity contribution is 0.415. The lowest BCUT2D eigenvalue weighted by Crippen LogP contribution is -2.13. The number of benzene rings is 1. The number of aromatic nitrogens is 1. The van der Waals surface area contributed by atoms with Crippen molar-refractivity contribution in [2.45, 2.75) is 4.90 Å². The number of sulfonamides is 1. The van der Waals surface area contributed by atoms with Crippen LogP contribution in [0.15, 0.2) is 45.9 Å². The van der Waals surface area contributed by atoms with Gasteiger partial charge in [-0.2, -0.15) is 0 Å². The number of halogens is 2. The van der Waals surface area contributed by atoms with Gasteiger partial charge in [-0.05, 0) is 24.3 Å². The molecule has 0 unspecified atom stereocenters. The molecule has 0 aliphatic carbocycles. The van der Waals surface area contributed by atoms with Crippen LogP contribution in [0.25, 0.3) is 0 Å². The molecular weight excluding hydrogens is 368 g/mol. The van der Waals surface area contributed by atoms with Crippen molar-refractivity contribution in [1.29, 1.82) is 0 Å². The molecule has 0 radical (unpaired) electrons. The van der Waals surface area contributed by atoms with Crippen LogP contribution in [-0.4, -0.2) is 20.5 Å². The Morgan fingerprint density at radius 1 is 1.30 bits per heavy atom. The van der Waals surface area contributed by atoms with Gasteiger partial charge in [0.2, 0.25) is 0 Å². The molecule has 0 saturated heterocycles. The van der Waals surface area contributed by atoms with Crippen molar-refractivity contribution < 1.29 is 13.2 Å². The topological polar surface area (TPSA) is 68.3 Å². The number of ether oxygens (including phenoxy) is 1. The fourth-order valence-corrected chi connectivity index (χ4v) is 3.27. The third-order valence-corrected chi connectivity index (χ3v) is 4.41. The third kappa shape index (κ3) is 3.62. The highest BCUT2D eigenvalue weighted by atomic mass is 79.9. The summed E-state index contributed by atoms with van der Waals surface area (Å²) in [6.07, 6.45) is 1.33. The van der Waals surface area contributed by atoms with E-state index in [4.69, 9.17) is 16.3 Å². The largest absolute Gasteiger partial charge is 0.497 e. The molecular formula is C12H10BrClN2O3S. The molecule has 1 N–H and O–H groups in total. The van der Waals surface area contributed by atoms with E-state index < -0.39 is 10.0 Å². The van der Waals surface area contributed by atoms with E-state index in [2.05, 4.69) is 25.6 Å². The molecule has 0 aliphatic rings. The van der Waals surface area contributed by atoms with Crippen LogP contribution in [0.1, 0.15) is 0 Å². The first-order valence-electron chi connectivity index (χ1n) is 5.40. The van der Waals surface area contributed by atoms with Gasteiger partial charge in [-0.25, -0.2) is 13.4 Å². The number of hydrogen-bond donors (Lipinski definition) is 1. The molecule has 0 saturated carbocycles. The van der Waals surface area contributed by atoms with Gasteiger partial charge in [0.05, 0.1) is 17.7 Å². The van der Waals surface area contributed by atoms with E-state index in [1.54, 1.807) is 18.2 Å². The van der Waals surface area contributed by atoms with Crippen LogP contribution < -0.4 is 9.46 Å². The number of rotatable bonds is 4. The summed E-state index contributed by atoms with van der Waals surface area (Å²) >= 11 is 8.98. The standard InChI is InChI=1S/C12H10BrClN2O3S/c1-19-10-5-8(13)4-9(6-10)16-20(17,18)11-2-3-15-12(14)7-11/h2-7,16H,1H3. The molecule has 5 nitrogen and oxygen atoms in total. The van der Waals surface area contributed by atoms with Crippen molar-refractivity contribution in [3.05, 3.63) is 46.2 Å². The maximum absolute atomic E-state index is 12.2. The predicted molar refractivity (Wildman–Crippen MR) is 80.7 cm³/mol. The number of nitrogens with one attached hydrogen (secondary N) is 1. The van der Waals surface area contributed by atoms with Crippen LogP contribution in [0.5, 0.6) is 5.75 Å². The van der Waals surface area contributed by atoms with Crippen molar-refractivity contribution in [1.82, 2.24) is 4.98 Å². The molecule has 0 aliphatic heterocycles. The Kier molecular flexibility index (Phi) is 4.52. The zero-order valence-corrected chi connectivity index (χ0v) is 13.5. The quantitative estimate of drug-likeness (QED) is 0.830. The van der Waals surface area contributed by atoms with Crippen LogP contribution in [0.2, 0.25) is 5.15 Å². The van der Waals surface area contributed by atoms with Crippen molar-refractivity contribution in [2.75, 3.05) is 11.8 Å². The van der Waals surface area contributed by atoms with Crippen molar-refractivity contribution in [2.24, 2.45) is 0 Å². The summed E-state index contributed by atoms with van der Waals surface area (Å²) in [7, 11) is -2.23. The van der Waals surface area contributed by atoms with E-state index in [0.29, 0.717) is 15.9 Å². The molecule has 0 spiro atoms. The second-order valence-electron chi connectivity index (χ2n) is 3.80. The molecule has 1 aromatic heterocycles. The second kappa shape index (κ2) is 5.99. The molecule has 0 amide bonds. The third-order valence-electron chi connectivity index (χ3n) is 2.37. The Labute approximate surface area is 130 Å². The maximum atomic E-state index is 12.2. The van der Waals surface area contributed by atoms with Gasteiger partial charge >= 0.3 is 0 Å². The van der Waals surface area contributed by atoms with Crippen molar-refractivity contribution in [3.8, 4) is 5.75 Å². The Balaban J connectivity index is 2.35. The summed E-state index contributed by atoms with van der Waals surface area (Å²) in [6.45, 7) is 0. The summed E-state index contributed by atoms with van der Waals surface area (Å²) < 4.78 is 32.7. The van der Waals surface area contributed by atoms with E-state index in [0.717, 1.165) is 0 Å². The molecule has 1 aromatic carbocycles. The summed E-state index contributed by atoms with van der Waals surface area (Å²) in [6, 6.07) is 7.57. The first kappa shape index (κ1) is 15.1. The van der Waals surface area contributed by atoms with Gasteiger partial charge in [0.25, 0.3) is 10.0 Å². The summed E-state index contributed by atoms with van der Waals surface area (Å²) in [5.74, 6) is 0.532. The van der Waals surface area contributed by atoms with Gasteiger partial charge in [0, 0.05) is 16.7 Å². The van der Waals surface area contributed by atoms with Gasteiger partial charge in [0.1, 0.15) is 10.9 Å². The lowest BCUT2D eigenvalue weighted by Gasteiger charge is -2.10. The smallest absolute Gasteiger partial charge is 0.262 e. The maximum Gasteiger partial charge on any atom is 0.262 e. The zero-order valence-electron chi connectivity index (χ0n) is 10.3. The van der Waals surface area contributed by atoms with Crippen molar-refractivity contribution >= 4 is 43.2 Å². The van der Waals surface area contributed by atoms with E-state index in [1.807, 2.05) is 0 Å². The number of nitrogens with zero attached hydrogens (tertiary/aromatic N) is 1. The van der Waals surface area contributed by atoms with E-state index in [9.17, 15) is 8.42 Å². The molecule has 1 heterocycles. The van der Waals surface area contributed by atoms with Crippen LogP contribution in [0.3, 0.4) is 0 Å². The number of methoxy groups -OCH3 is 1. The number of pyridine rings is 1. The monoisotopic (exact) mass is 376 g/mol. The van der Waals surface area contributed by atoms with Gasteiger partial charge in [-0.1, -0.05) is 27.5 Å². The average Bonchev–Trinajstić information content (AvgIpc) is 2.37. The molecule has 20 heavy (non-hydrogen) atoms. The fraction of sp³-hybridized carbons (Fsp3) is 0.0833. The highest BCUT2D eigenvalue weighted by Gasteiger charge is 2.15. The lowest BCUT2D eigenvalue weighted by atomic mass is 10.3. The van der Waals surface area contributed by atoms with Gasteiger partial charge < -0.3 is 4.74 Å². The zero-order chi connectivity index (χ0) is 14.8. The van der Waals surface area contributed by atoms with Crippen molar-refractivity contribution in [3.63, 3.8) is 0 Å². The van der Waals surface area contributed by atoms with E-state index in [-0.39, 0.29) is 10.0 Å². The first-order chi connectivity index (χ1) is 9.40.